The first-order valence-electron chi connectivity index (χ1n) is 8.29. The van der Waals surface area contributed by atoms with Crippen LogP contribution in [-0.2, 0) is 11.8 Å². The van der Waals surface area contributed by atoms with E-state index in [1.54, 1.807) is 11.9 Å². The van der Waals surface area contributed by atoms with Crippen LogP contribution in [0.4, 0.5) is 0 Å². The van der Waals surface area contributed by atoms with Gasteiger partial charge in [0.05, 0.1) is 22.9 Å². The number of hydrogen-bond donors (Lipinski definition) is 0. The van der Waals surface area contributed by atoms with Gasteiger partial charge in [-0.1, -0.05) is 43.2 Å². The minimum Gasteiger partial charge on any atom is -0.326 e. The van der Waals surface area contributed by atoms with Crippen LogP contribution in [0.5, 0.6) is 0 Å². The molecule has 3 rings (SSSR count). The summed E-state index contributed by atoms with van der Waals surface area (Å²) in [6, 6.07) is 10.3. The van der Waals surface area contributed by atoms with Crippen molar-refractivity contribution in [1.29, 1.82) is 5.26 Å². The minimum atomic E-state index is -0.623. The smallest absolute Gasteiger partial charge is 0.234 e. The molecule has 0 aliphatic heterocycles. The number of nitrogens with zero attached hydrogens (tertiary/aromatic N) is 4. The lowest BCUT2D eigenvalue weighted by atomic mass is 9.81. The van der Waals surface area contributed by atoms with Crippen LogP contribution in [0.25, 0.3) is 11.0 Å². The van der Waals surface area contributed by atoms with Gasteiger partial charge >= 0.3 is 0 Å². The van der Waals surface area contributed by atoms with Crippen molar-refractivity contribution in [2.45, 2.75) is 42.8 Å². The lowest BCUT2D eigenvalue weighted by Crippen LogP contribution is -2.50. The van der Waals surface area contributed by atoms with E-state index in [4.69, 9.17) is 0 Å². The molecule has 0 atom stereocenters. The van der Waals surface area contributed by atoms with Crippen LogP contribution in [0.15, 0.2) is 29.4 Å². The molecule has 2 aromatic rings. The van der Waals surface area contributed by atoms with E-state index in [-0.39, 0.29) is 5.91 Å². The van der Waals surface area contributed by atoms with E-state index in [0.717, 1.165) is 48.3 Å². The largest absolute Gasteiger partial charge is 0.326 e. The molecule has 1 aromatic carbocycles. The molecule has 0 bridgehead atoms. The lowest BCUT2D eigenvalue weighted by Gasteiger charge is -2.39. The number of benzene rings is 1. The highest BCUT2D eigenvalue weighted by Crippen LogP contribution is 2.33. The summed E-state index contributed by atoms with van der Waals surface area (Å²) < 4.78 is 2.01. The summed E-state index contributed by atoms with van der Waals surface area (Å²) in [5.74, 6) is 0.299. The first-order chi connectivity index (χ1) is 11.6. The minimum absolute atomic E-state index is 0.00416. The van der Waals surface area contributed by atoms with Crippen molar-refractivity contribution in [3.63, 3.8) is 0 Å². The molecule has 1 aliphatic carbocycles. The second-order valence-corrected chi connectivity index (χ2v) is 7.33. The van der Waals surface area contributed by atoms with Crippen LogP contribution in [0.2, 0.25) is 0 Å². The summed E-state index contributed by atoms with van der Waals surface area (Å²) in [4.78, 5) is 18.9. The van der Waals surface area contributed by atoms with Crippen LogP contribution < -0.4 is 0 Å². The molecule has 0 radical (unpaired) electrons. The van der Waals surface area contributed by atoms with Gasteiger partial charge in [-0.2, -0.15) is 5.26 Å². The van der Waals surface area contributed by atoms with Crippen molar-refractivity contribution < 1.29 is 4.79 Å². The molecular weight excluding hydrogens is 320 g/mol. The van der Waals surface area contributed by atoms with Crippen LogP contribution in [-0.4, -0.2) is 38.7 Å². The average molecular weight is 342 g/mol. The van der Waals surface area contributed by atoms with Gasteiger partial charge in [0.15, 0.2) is 5.16 Å². The topological polar surface area (TPSA) is 61.9 Å². The third kappa shape index (κ3) is 3.01. The zero-order valence-electron chi connectivity index (χ0n) is 14.2. The maximum Gasteiger partial charge on any atom is 0.234 e. The fraction of sp³-hybridized carbons (Fsp3) is 0.500. The van der Waals surface area contributed by atoms with Gasteiger partial charge in [-0.05, 0) is 25.0 Å². The number of carbonyl (C=O) groups excluding carboxylic acids is 1. The zero-order chi connectivity index (χ0) is 17.2. The fourth-order valence-electron chi connectivity index (χ4n) is 3.37. The standard InChI is InChI=1S/C18H22N4OS/c1-21-15-9-5-4-8-14(15)20-17(21)24-12-16(23)22(2)18(13-19)10-6-3-7-11-18/h4-5,8-9H,3,6-7,10-12H2,1-2H3. The van der Waals surface area contributed by atoms with Gasteiger partial charge < -0.3 is 9.47 Å². The van der Waals surface area contributed by atoms with Crippen molar-refractivity contribution >= 4 is 28.7 Å². The maximum atomic E-state index is 12.6. The second kappa shape index (κ2) is 6.86. The fourth-order valence-corrected chi connectivity index (χ4v) is 4.27. The Hall–Kier alpha value is -2.00. The predicted octanol–water partition coefficient (Wildman–Crippen LogP) is 3.35. The number of aryl methyl sites for hydroxylation is 1. The van der Waals surface area contributed by atoms with E-state index >= 15 is 0 Å². The normalized spacial score (nSPS) is 16.7. The molecule has 1 aromatic heterocycles. The number of nitriles is 1. The van der Waals surface area contributed by atoms with E-state index in [1.165, 1.54) is 11.8 Å². The summed E-state index contributed by atoms with van der Waals surface area (Å²) in [7, 11) is 3.73. The van der Waals surface area contributed by atoms with E-state index in [2.05, 4.69) is 11.1 Å². The lowest BCUT2D eigenvalue weighted by molar-refractivity contribution is -0.131. The quantitative estimate of drug-likeness (QED) is 0.800. The highest BCUT2D eigenvalue weighted by atomic mass is 32.2. The molecule has 24 heavy (non-hydrogen) atoms. The molecule has 1 saturated carbocycles. The van der Waals surface area contributed by atoms with Crippen molar-refractivity contribution in [1.82, 2.24) is 14.5 Å². The number of imidazole rings is 1. The molecule has 1 amide bonds. The SMILES string of the molecule is CN(C(=O)CSc1nc2ccccc2n1C)C1(C#N)CCCCC1. The second-order valence-electron chi connectivity index (χ2n) is 6.39. The van der Waals surface area contributed by atoms with Gasteiger partial charge in [-0.25, -0.2) is 4.98 Å². The highest BCUT2D eigenvalue weighted by Gasteiger charge is 2.38. The number of aromatic nitrogens is 2. The molecule has 0 saturated heterocycles. The molecule has 0 unspecified atom stereocenters. The van der Waals surface area contributed by atoms with E-state index in [0.29, 0.717) is 5.75 Å². The molecule has 1 fully saturated rings. The molecule has 0 spiro atoms. The van der Waals surface area contributed by atoms with E-state index < -0.39 is 5.54 Å². The average Bonchev–Trinajstić information content (AvgIpc) is 2.96. The summed E-state index contributed by atoms with van der Waals surface area (Å²) in [5, 5.41) is 10.4. The van der Waals surface area contributed by atoms with E-state index in [9.17, 15) is 10.1 Å². The molecule has 1 aliphatic rings. The van der Waals surface area contributed by atoms with Gasteiger partial charge in [0, 0.05) is 14.1 Å². The molecule has 6 heteroatoms. The number of rotatable bonds is 4. The van der Waals surface area contributed by atoms with Gasteiger partial charge in [-0.3, -0.25) is 4.79 Å². The Balaban J connectivity index is 1.70. The molecule has 1 heterocycles. The number of thioether (sulfide) groups is 1. The van der Waals surface area contributed by atoms with E-state index in [1.807, 2.05) is 35.9 Å². The van der Waals surface area contributed by atoms with Crippen molar-refractivity contribution in [2.75, 3.05) is 12.8 Å². The first-order valence-corrected chi connectivity index (χ1v) is 9.28. The van der Waals surface area contributed by atoms with Gasteiger partial charge in [0.25, 0.3) is 0 Å². The molecule has 0 N–H and O–H groups in total. The highest BCUT2D eigenvalue weighted by molar-refractivity contribution is 7.99. The Morgan fingerprint density at radius 1 is 1.38 bits per heavy atom. The molecule has 126 valence electrons. The first kappa shape index (κ1) is 16.8. The Morgan fingerprint density at radius 2 is 2.08 bits per heavy atom. The number of carbonyl (C=O) groups is 1. The maximum absolute atomic E-state index is 12.6. The van der Waals surface area contributed by atoms with Crippen LogP contribution in [0.3, 0.4) is 0 Å². The van der Waals surface area contributed by atoms with Gasteiger partial charge in [0.1, 0.15) is 5.54 Å². The number of fused-ring (bicyclic) bond motifs is 1. The predicted molar refractivity (Wildman–Crippen MR) is 95.6 cm³/mol. The Morgan fingerprint density at radius 3 is 2.75 bits per heavy atom. The van der Waals surface area contributed by atoms with Crippen LogP contribution >= 0.6 is 11.8 Å². The van der Waals surface area contributed by atoms with Crippen LogP contribution in [0.1, 0.15) is 32.1 Å². The molecular formula is C18H22N4OS. The Labute approximate surface area is 146 Å². The third-order valence-corrected chi connectivity index (χ3v) is 5.99. The number of para-hydroxylation sites is 2. The van der Waals surface area contributed by atoms with Crippen molar-refractivity contribution in [2.24, 2.45) is 7.05 Å². The number of hydrogen-bond acceptors (Lipinski definition) is 4. The summed E-state index contributed by atoms with van der Waals surface area (Å²) in [5.41, 5.74) is 1.37. The Kier molecular flexibility index (Phi) is 4.81. The van der Waals surface area contributed by atoms with Crippen molar-refractivity contribution in [3.05, 3.63) is 24.3 Å². The summed E-state index contributed by atoms with van der Waals surface area (Å²) in [6.07, 6.45) is 4.75. The van der Waals surface area contributed by atoms with Gasteiger partial charge in [0.2, 0.25) is 5.91 Å². The third-order valence-electron chi connectivity index (χ3n) is 4.98. The number of amides is 1. The monoisotopic (exact) mass is 342 g/mol. The zero-order valence-corrected chi connectivity index (χ0v) is 15.0. The van der Waals surface area contributed by atoms with Crippen LogP contribution in [0, 0.1) is 11.3 Å². The van der Waals surface area contributed by atoms with Gasteiger partial charge in [-0.15, -0.1) is 0 Å². The summed E-state index contributed by atoms with van der Waals surface area (Å²) in [6.45, 7) is 0. The Bertz CT molecular complexity index is 786. The molecule has 5 nitrogen and oxygen atoms in total. The summed E-state index contributed by atoms with van der Waals surface area (Å²) >= 11 is 1.43. The van der Waals surface area contributed by atoms with Crippen molar-refractivity contribution in [3.8, 4) is 6.07 Å².